The van der Waals surface area contributed by atoms with Crippen molar-refractivity contribution in [1.82, 2.24) is 10.2 Å². The van der Waals surface area contributed by atoms with E-state index in [1.165, 1.54) is 0 Å². The number of nitrogens with one attached hydrogen (secondary N) is 1. The number of hydrogen-bond acceptors (Lipinski definition) is 2. The summed E-state index contributed by atoms with van der Waals surface area (Å²) in [5.74, 6) is 0.0209. The summed E-state index contributed by atoms with van der Waals surface area (Å²) in [5.41, 5.74) is 2.28. The van der Waals surface area contributed by atoms with Gasteiger partial charge in [-0.2, -0.15) is 0 Å². The van der Waals surface area contributed by atoms with Gasteiger partial charge in [-0.1, -0.05) is 54.1 Å². The molecule has 0 fully saturated rings. The number of carbonyl (C=O) groups excluding carboxylic acids is 2. The number of amides is 2. The first kappa shape index (κ1) is 20.0. The highest BCUT2D eigenvalue weighted by Crippen LogP contribution is 2.10. The van der Waals surface area contributed by atoms with Gasteiger partial charge in [-0.15, -0.1) is 0 Å². The number of aryl methyl sites for hydroxylation is 1. The Balaban J connectivity index is 1.69. The Hall–Kier alpha value is -2.33. The summed E-state index contributed by atoms with van der Waals surface area (Å²) in [7, 11) is 0. The fraction of sp³-hybridized carbons (Fsp3) is 0.333. The Morgan fingerprint density at radius 2 is 1.58 bits per heavy atom. The van der Waals surface area contributed by atoms with E-state index >= 15 is 0 Å². The Bertz CT molecular complexity index is 702. The minimum atomic E-state index is 0.00931. The average Bonchev–Trinajstić information content (AvgIpc) is 2.64. The monoisotopic (exact) mass is 372 g/mol. The molecule has 0 radical (unpaired) electrons. The molecule has 0 unspecified atom stereocenters. The molecule has 138 valence electrons. The highest BCUT2D eigenvalue weighted by Gasteiger charge is 2.09. The number of hydrogen-bond donors (Lipinski definition) is 1. The van der Waals surface area contributed by atoms with Crippen LogP contribution in [0.4, 0.5) is 0 Å². The standard InChI is InChI=1S/C21H25ClN2O2/c1-17(25)24(15-13-19-7-10-20(22)11-8-19)16-14-23-21(26)12-9-18-5-3-2-4-6-18/h2-8,10-11H,9,12-16H2,1H3,(H,23,26). The lowest BCUT2D eigenvalue weighted by Gasteiger charge is -2.21. The molecule has 26 heavy (non-hydrogen) atoms. The van der Waals surface area contributed by atoms with Crippen molar-refractivity contribution in [3.05, 3.63) is 70.7 Å². The van der Waals surface area contributed by atoms with Crippen molar-refractivity contribution in [1.29, 1.82) is 0 Å². The van der Waals surface area contributed by atoms with E-state index in [2.05, 4.69) is 5.32 Å². The quantitative estimate of drug-likeness (QED) is 0.732. The van der Waals surface area contributed by atoms with E-state index < -0.39 is 0 Å². The summed E-state index contributed by atoms with van der Waals surface area (Å²) in [6.45, 7) is 3.16. The Labute approximate surface area is 160 Å². The van der Waals surface area contributed by atoms with Gasteiger partial charge in [0.15, 0.2) is 0 Å². The van der Waals surface area contributed by atoms with Crippen LogP contribution in [-0.4, -0.2) is 36.3 Å². The van der Waals surface area contributed by atoms with Crippen LogP contribution in [-0.2, 0) is 22.4 Å². The van der Waals surface area contributed by atoms with Gasteiger partial charge >= 0.3 is 0 Å². The van der Waals surface area contributed by atoms with E-state index in [-0.39, 0.29) is 11.8 Å². The molecule has 0 aliphatic carbocycles. The van der Waals surface area contributed by atoms with Gasteiger partial charge in [0.1, 0.15) is 0 Å². The zero-order chi connectivity index (χ0) is 18.8. The van der Waals surface area contributed by atoms with Gasteiger partial charge < -0.3 is 10.2 Å². The lowest BCUT2D eigenvalue weighted by Crippen LogP contribution is -2.38. The molecular weight excluding hydrogens is 348 g/mol. The lowest BCUT2D eigenvalue weighted by atomic mass is 10.1. The summed E-state index contributed by atoms with van der Waals surface area (Å²) >= 11 is 5.88. The van der Waals surface area contributed by atoms with Crippen LogP contribution in [0.15, 0.2) is 54.6 Å². The van der Waals surface area contributed by atoms with Crippen LogP contribution in [0, 0.1) is 0 Å². The topological polar surface area (TPSA) is 49.4 Å². The van der Waals surface area contributed by atoms with Crippen LogP contribution in [0.25, 0.3) is 0 Å². The molecule has 0 aromatic heterocycles. The van der Waals surface area contributed by atoms with Gasteiger partial charge in [0, 0.05) is 38.0 Å². The molecule has 2 rings (SSSR count). The number of benzene rings is 2. The third kappa shape index (κ3) is 7.28. The molecule has 5 heteroatoms. The van der Waals surface area contributed by atoms with E-state index in [0.717, 1.165) is 24.0 Å². The van der Waals surface area contributed by atoms with Crippen LogP contribution < -0.4 is 5.32 Å². The van der Waals surface area contributed by atoms with Gasteiger partial charge in [-0.25, -0.2) is 0 Å². The van der Waals surface area contributed by atoms with Crippen LogP contribution >= 0.6 is 11.6 Å². The molecule has 0 heterocycles. The minimum absolute atomic E-state index is 0.00931. The summed E-state index contributed by atoms with van der Waals surface area (Å²) in [4.78, 5) is 25.5. The molecule has 4 nitrogen and oxygen atoms in total. The van der Waals surface area contributed by atoms with Crippen molar-refractivity contribution >= 4 is 23.4 Å². The van der Waals surface area contributed by atoms with Gasteiger partial charge in [-0.3, -0.25) is 9.59 Å². The van der Waals surface area contributed by atoms with Gasteiger partial charge in [-0.05, 0) is 36.1 Å². The molecule has 0 atom stereocenters. The summed E-state index contributed by atoms with van der Waals surface area (Å²) in [5, 5.41) is 3.60. The Morgan fingerprint density at radius 1 is 0.923 bits per heavy atom. The van der Waals surface area contributed by atoms with E-state index in [0.29, 0.717) is 31.1 Å². The molecule has 0 saturated carbocycles. The average molecular weight is 373 g/mol. The van der Waals surface area contributed by atoms with Crippen molar-refractivity contribution in [3.8, 4) is 0 Å². The molecule has 0 aliphatic rings. The first-order valence-corrected chi connectivity index (χ1v) is 9.23. The number of carbonyl (C=O) groups is 2. The zero-order valence-electron chi connectivity index (χ0n) is 15.1. The molecule has 1 N–H and O–H groups in total. The number of rotatable bonds is 9. The maximum atomic E-state index is 12.0. The van der Waals surface area contributed by atoms with Crippen molar-refractivity contribution in [2.45, 2.75) is 26.2 Å². The maximum Gasteiger partial charge on any atom is 0.220 e. The van der Waals surface area contributed by atoms with E-state index in [1.54, 1.807) is 11.8 Å². The summed E-state index contributed by atoms with van der Waals surface area (Å²) in [6.07, 6.45) is 1.94. The second-order valence-corrected chi connectivity index (χ2v) is 6.65. The van der Waals surface area contributed by atoms with Crippen molar-refractivity contribution in [2.24, 2.45) is 0 Å². The number of halogens is 1. The molecule has 2 aromatic carbocycles. The molecular formula is C21H25ClN2O2. The first-order chi connectivity index (χ1) is 12.5. The van der Waals surface area contributed by atoms with E-state index in [9.17, 15) is 9.59 Å². The van der Waals surface area contributed by atoms with Crippen molar-refractivity contribution in [3.63, 3.8) is 0 Å². The van der Waals surface area contributed by atoms with Crippen LogP contribution in [0.5, 0.6) is 0 Å². The fourth-order valence-electron chi connectivity index (χ4n) is 2.66. The van der Waals surface area contributed by atoms with E-state index in [4.69, 9.17) is 11.6 Å². The summed E-state index contributed by atoms with van der Waals surface area (Å²) in [6, 6.07) is 17.6. The second-order valence-electron chi connectivity index (χ2n) is 6.22. The highest BCUT2D eigenvalue weighted by molar-refractivity contribution is 6.30. The largest absolute Gasteiger partial charge is 0.354 e. The van der Waals surface area contributed by atoms with Crippen LogP contribution in [0.3, 0.4) is 0 Å². The molecule has 2 amide bonds. The van der Waals surface area contributed by atoms with Gasteiger partial charge in [0.2, 0.25) is 11.8 Å². The Morgan fingerprint density at radius 3 is 2.23 bits per heavy atom. The highest BCUT2D eigenvalue weighted by atomic mass is 35.5. The predicted octanol–water partition coefficient (Wildman–Crippen LogP) is 3.48. The Kier molecular flexibility index (Phi) is 8.16. The smallest absolute Gasteiger partial charge is 0.220 e. The SMILES string of the molecule is CC(=O)N(CCNC(=O)CCc1ccccc1)CCc1ccc(Cl)cc1. The minimum Gasteiger partial charge on any atom is -0.354 e. The third-order valence-electron chi connectivity index (χ3n) is 4.22. The van der Waals surface area contributed by atoms with Crippen molar-refractivity contribution < 1.29 is 9.59 Å². The fourth-order valence-corrected chi connectivity index (χ4v) is 2.79. The van der Waals surface area contributed by atoms with Gasteiger partial charge in [0.25, 0.3) is 0 Å². The van der Waals surface area contributed by atoms with E-state index in [1.807, 2.05) is 54.6 Å². The second kappa shape index (κ2) is 10.6. The third-order valence-corrected chi connectivity index (χ3v) is 4.47. The molecule has 0 bridgehead atoms. The molecule has 0 saturated heterocycles. The molecule has 0 aliphatic heterocycles. The molecule has 2 aromatic rings. The van der Waals surface area contributed by atoms with Gasteiger partial charge in [0.05, 0.1) is 0 Å². The van der Waals surface area contributed by atoms with Crippen LogP contribution in [0.2, 0.25) is 5.02 Å². The first-order valence-electron chi connectivity index (χ1n) is 8.85. The number of nitrogens with zero attached hydrogens (tertiary/aromatic N) is 1. The zero-order valence-corrected chi connectivity index (χ0v) is 15.8. The van der Waals surface area contributed by atoms with Crippen molar-refractivity contribution in [2.75, 3.05) is 19.6 Å². The normalized spacial score (nSPS) is 10.4. The maximum absolute atomic E-state index is 12.0. The lowest BCUT2D eigenvalue weighted by molar-refractivity contribution is -0.129. The predicted molar refractivity (Wildman–Crippen MR) is 105 cm³/mol. The summed E-state index contributed by atoms with van der Waals surface area (Å²) < 4.78 is 0. The van der Waals surface area contributed by atoms with Crippen LogP contribution in [0.1, 0.15) is 24.5 Å². The molecule has 0 spiro atoms.